The predicted octanol–water partition coefficient (Wildman–Crippen LogP) is -0.804. The normalized spacial score (nSPS) is 30.1. The van der Waals surface area contributed by atoms with Crippen LogP contribution in [0.1, 0.15) is 60.3 Å². The van der Waals surface area contributed by atoms with Gasteiger partial charge in [0.05, 0.1) is 24.6 Å². The van der Waals surface area contributed by atoms with E-state index in [-0.39, 0.29) is 42.9 Å². The lowest BCUT2D eigenvalue weighted by Gasteiger charge is -2.26. The average molecular weight is 469 g/mol. The summed E-state index contributed by atoms with van der Waals surface area (Å²) < 4.78 is 0. The van der Waals surface area contributed by atoms with Crippen molar-refractivity contribution in [3.05, 3.63) is 0 Å². The van der Waals surface area contributed by atoms with E-state index >= 15 is 0 Å². The van der Waals surface area contributed by atoms with Crippen LogP contribution >= 0.6 is 0 Å². The van der Waals surface area contributed by atoms with Gasteiger partial charge in [-0.15, -0.1) is 0 Å². The van der Waals surface area contributed by atoms with Gasteiger partial charge in [0.25, 0.3) is 0 Å². The molecule has 2 aliphatic rings. The summed E-state index contributed by atoms with van der Waals surface area (Å²) in [5.74, 6) is -0.947. The Morgan fingerprint density at radius 3 is 2.42 bits per heavy atom. The highest BCUT2D eigenvalue weighted by atomic mass is 16.3. The number of carbonyl (C=O) groups is 4. The Bertz CT molecular complexity index is 715. The number of aliphatic hydroxyl groups excluding tert-OH is 1. The molecule has 2 heterocycles. The van der Waals surface area contributed by atoms with Crippen molar-refractivity contribution in [2.24, 2.45) is 0 Å². The van der Waals surface area contributed by atoms with Gasteiger partial charge in [-0.05, 0) is 40.0 Å². The zero-order chi connectivity index (χ0) is 24.7. The maximum atomic E-state index is 12.9. The van der Waals surface area contributed by atoms with E-state index in [2.05, 4.69) is 26.6 Å². The molecule has 0 aromatic heterocycles. The molecule has 2 fully saturated rings. The second-order valence-electron chi connectivity index (χ2n) is 9.65. The maximum absolute atomic E-state index is 12.9. The number of nitrogens with one attached hydrogen (secondary N) is 5. The van der Waals surface area contributed by atoms with Gasteiger partial charge in [-0.2, -0.15) is 0 Å². The molecule has 188 valence electrons. The smallest absolute Gasteiger partial charge is 0.318 e. The predicted molar refractivity (Wildman–Crippen MR) is 123 cm³/mol. The molecule has 11 heteroatoms. The minimum absolute atomic E-state index is 0.0652. The van der Waals surface area contributed by atoms with Crippen LogP contribution in [0.5, 0.6) is 0 Å². The summed E-state index contributed by atoms with van der Waals surface area (Å²) in [5, 5.41) is 25.0. The lowest BCUT2D eigenvalue weighted by Crippen LogP contribution is -2.52. The highest BCUT2D eigenvalue weighted by Crippen LogP contribution is 2.19. The van der Waals surface area contributed by atoms with E-state index in [0.717, 1.165) is 0 Å². The Hall–Kier alpha value is -2.40. The Kier molecular flexibility index (Phi) is 9.90. The van der Waals surface area contributed by atoms with E-state index in [1.807, 2.05) is 27.7 Å². The molecule has 33 heavy (non-hydrogen) atoms. The van der Waals surface area contributed by atoms with Gasteiger partial charge < -0.3 is 36.6 Å². The number of nitrogens with zero attached hydrogens (tertiary/aromatic N) is 1. The number of hydrogen-bond donors (Lipinski definition) is 6. The maximum Gasteiger partial charge on any atom is 0.318 e. The van der Waals surface area contributed by atoms with Crippen LogP contribution in [0.25, 0.3) is 0 Å². The van der Waals surface area contributed by atoms with E-state index in [1.54, 1.807) is 6.92 Å². The van der Waals surface area contributed by atoms with Crippen LogP contribution in [0.3, 0.4) is 0 Å². The molecule has 0 spiro atoms. The van der Waals surface area contributed by atoms with E-state index < -0.39 is 36.2 Å². The Morgan fingerprint density at radius 1 is 1.09 bits per heavy atom. The number of hydrogen-bond acceptors (Lipinski definition) is 6. The fourth-order valence-electron chi connectivity index (χ4n) is 4.15. The third kappa shape index (κ3) is 8.15. The molecule has 2 rings (SSSR count). The molecule has 5 amide bonds. The molecule has 6 N–H and O–H groups in total. The molecule has 2 aliphatic heterocycles. The van der Waals surface area contributed by atoms with Gasteiger partial charge in [0.15, 0.2) is 0 Å². The van der Waals surface area contributed by atoms with Gasteiger partial charge in [-0.3, -0.25) is 14.4 Å². The fourth-order valence-corrected chi connectivity index (χ4v) is 4.15. The number of amides is 5. The van der Waals surface area contributed by atoms with Crippen LogP contribution < -0.4 is 26.6 Å². The molecule has 5 atom stereocenters. The van der Waals surface area contributed by atoms with Crippen molar-refractivity contribution in [2.45, 2.75) is 103 Å². The average Bonchev–Trinajstić information content (AvgIpc) is 3.12. The summed E-state index contributed by atoms with van der Waals surface area (Å²) in [4.78, 5) is 52.3. The summed E-state index contributed by atoms with van der Waals surface area (Å²) in [7, 11) is 0. The Labute approximate surface area is 195 Å². The quantitative estimate of drug-likeness (QED) is 0.319. The van der Waals surface area contributed by atoms with Crippen LogP contribution in [0.2, 0.25) is 0 Å². The zero-order valence-electron chi connectivity index (χ0n) is 20.3. The molecule has 0 aromatic rings. The zero-order valence-corrected chi connectivity index (χ0v) is 20.3. The fraction of sp³-hybridized carbons (Fsp3) is 0.818. The van der Waals surface area contributed by atoms with Crippen molar-refractivity contribution in [1.82, 2.24) is 31.5 Å². The minimum atomic E-state index is -1.07. The topological polar surface area (TPSA) is 152 Å². The van der Waals surface area contributed by atoms with Gasteiger partial charge in [-0.1, -0.05) is 13.8 Å². The van der Waals surface area contributed by atoms with E-state index in [4.69, 9.17) is 0 Å². The van der Waals surface area contributed by atoms with Gasteiger partial charge in [0.1, 0.15) is 6.04 Å². The number of rotatable bonds is 3. The van der Waals surface area contributed by atoms with E-state index in [1.165, 1.54) is 4.90 Å². The first kappa shape index (κ1) is 26.8. The highest BCUT2D eigenvalue weighted by molar-refractivity contribution is 5.88. The highest BCUT2D eigenvalue weighted by Gasteiger charge is 2.40. The van der Waals surface area contributed by atoms with Crippen molar-refractivity contribution in [3.8, 4) is 0 Å². The SMILES string of the molecule is CC(C)NC(=O)N1C[C@@H]2C[C@H]1C(=O)NCCCC(NC(C)C)C(=O)N[C@@H](C)[C@@H](O)CC(=O)N2. The van der Waals surface area contributed by atoms with Gasteiger partial charge in [-0.25, -0.2) is 4.79 Å². The van der Waals surface area contributed by atoms with Crippen molar-refractivity contribution < 1.29 is 24.3 Å². The standard InChI is InChI=1S/C22H40N6O5/c1-12(2)24-16-7-6-8-23-21(32)17-9-15(11-28(17)22(33)25-13(3)4)27-19(30)10-18(29)14(5)26-20(16)31/h12-18,24,29H,6-11H2,1-5H3,(H,23,32)(H,25,33)(H,26,31)(H,27,30)/t14-,15-,16?,17-,18-/m0/s1. The number of carbonyl (C=O) groups excluding carboxylic acids is 4. The molecule has 1 unspecified atom stereocenters. The van der Waals surface area contributed by atoms with Crippen molar-refractivity contribution in [3.63, 3.8) is 0 Å². The second kappa shape index (κ2) is 12.2. The number of aliphatic hydroxyl groups is 1. The number of fused-ring (bicyclic) bond motifs is 2. The van der Waals surface area contributed by atoms with Gasteiger partial charge >= 0.3 is 6.03 Å². The molecule has 0 aliphatic carbocycles. The van der Waals surface area contributed by atoms with Crippen molar-refractivity contribution in [2.75, 3.05) is 13.1 Å². The first-order valence-electron chi connectivity index (χ1n) is 11.9. The summed E-state index contributed by atoms with van der Waals surface area (Å²) in [6.45, 7) is 9.76. The molecule has 0 saturated carbocycles. The van der Waals surface area contributed by atoms with Crippen LogP contribution in [0, 0.1) is 0 Å². The summed E-state index contributed by atoms with van der Waals surface area (Å²) in [6, 6.07) is -2.61. The third-order valence-electron chi connectivity index (χ3n) is 5.80. The molecular weight excluding hydrogens is 428 g/mol. The molecule has 11 nitrogen and oxygen atoms in total. The van der Waals surface area contributed by atoms with E-state index in [9.17, 15) is 24.3 Å². The lowest BCUT2D eigenvalue weighted by atomic mass is 10.1. The molecule has 2 saturated heterocycles. The molecule has 0 aromatic carbocycles. The Morgan fingerprint density at radius 2 is 1.79 bits per heavy atom. The lowest BCUT2D eigenvalue weighted by molar-refractivity contribution is -0.128. The number of urea groups is 1. The molecular formula is C22H40N6O5. The summed E-state index contributed by atoms with van der Waals surface area (Å²) in [6.07, 6.45) is 0.0739. The second-order valence-corrected chi connectivity index (χ2v) is 9.65. The van der Waals surface area contributed by atoms with Crippen LogP contribution in [0.15, 0.2) is 0 Å². The Balaban J connectivity index is 2.19. The first-order valence-corrected chi connectivity index (χ1v) is 11.9. The summed E-state index contributed by atoms with van der Waals surface area (Å²) in [5.41, 5.74) is 0. The first-order chi connectivity index (χ1) is 15.5. The van der Waals surface area contributed by atoms with Gasteiger partial charge in [0, 0.05) is 31.2 Å². The summed E-state index contributed by atoms with van der Waals surface area (Å²) >= 11 is 0. The third-order valence-corrected chi connectivity index (χ3v) is 5.80. The van der Waals surface area contributed by atoms with E-state index in [0.29, 0.717) is 25.8 Å². The van der Waals surface area contributed by atoms with Crippen LogP contribution in [-0.2, 0) is 14.4 Å². The minimum Gasteiger partial charge on any atom is -0.390 e. The largest absolute Gasteiger partial charge is 0.390 e. The van der Waals surface area contributed by atoms with Crippen molar-refractivity contribution >= 4 is 23.8 Å². The monoisotopic (exact) mass is 468 g/mol. The van der Waals surface area contributed by atoms with Gasteiger partial charge in [0.2, 0.25) is 17.7 Å². The molecule has 0 radical (unpaired) electrons. The number of likely N-dealkylation sites (tertiary alicyclic amines) is 1. The van der Waals surface area contributed by atoms with Crippen LogP contribution in [-0.4, -0.2) is 89.2 Å². The van der Waals surface area contributed by atoms with Crippen LogP contribution in [0.4, 0.5) is 4.79 Å². The van der Waals surface area contributed by atoms with Crippen molar-refractivity contribution in [1.29, 1.82) is 0 Å². The molecule has 2 bridgehead atoms.